The normalized spacial score (nSPS) is 16.8. The molecule has 2 rings (SSSR count). The highest BCUT2D eigenvalue weighted by atomic mass is 35.5. The molecule has 1 N–H and O–H groups in total. The standard InChI is InChI=1S/C15H23ClN2O2S/c1-17-10-13-9-14(7-8-15(13)16)21(19,20)18(2)11-12-5-3-4-6-12/h7-9,12,17H,3-6,10-11H2,1-2H3. The largest absolute Gasteiger partial charge is 0.316 e. The molecule has 0 bridgehead atoms. The van der Waals surface area contributed by atoms with Crippen molar-refractivity contribution in [2.75, 3.05) is 20.6 Å². The van der Waals surface area contributed by atoms with E-state index in [0.29, 0.717) is 28.9 Å². The van der Waals surface area contributed by atoms with Crippen LogP contribution in [-0.4, -0.2) is 33.4 Å². The number of sulfonamides is 1. The molecule has 0 amide bonds. The summed E-state index contributed by atoms with van der Waals surface area (Å²) in [5.41, 5.74) is 0.800. The van der Waals surface area contributed by atoms with Crippen LogP contribution in [0.25, 0.3) is 0 Å². The summed E-state index contributed by atoms with van der Waals surface area (Å²) in [6.07, 6.45) is 4.69. The van der Waals surface area contributed by atoms with Crippen LogP contribution in [0.1, 0.15) is 31.2 Å². The molecule has 1 aromatic rings. The van der Waals surface area contributed by atoms with E-state index in [4.69, 9.17) is 11.6 Å². The highest BCUT2D eigenvalue weighted by Crippen LogP contribution is 2.28. The fraction of sp³-hybridized carbons (Fsp3) is 0.600. The average Bonchev–Trinajstić information content (AvgIpc) is 2.94. The first-order valence-corrected chi connectivity index (χ1v) is 9.16. The van der Waals surface area contributed by atoms with Crippen molar-refractivity contribution in [3.05, 3.63) is 28.8 Å². The van der Waals surface area contributed by atoms with Crippen LogP contribution in [0.3, 0.4) is 0 Å². The van der Waals surface area contributed by atoms with Crippen molar-refractivity contribution in [3.8, 4) is 0 Å². The third kappa shape index (κ3) is 3.97. The van der Waals surface area contributed by atoms with Gasteiger partial charge in [-0.3, -0.25) is 0 Å². The van der Waals surface area contributed by atoms with Crippen molar-refractivity contribution in [3.63, 3.8) is 0 Å². The van der Waals surface area contributed by atoms with E-state index in [1.165, 1.54) is 17.1 Å². The van der Waals surface area contributed by atoms with Crippen LogP contribution in [0.4, 0.5) is 0 Å². The minimum absolute atomic E-state index is 0.317. The molecule has 21 heavy (non-hydrogen) atoms. The molecule has 1 aliphatic carbocycles. The first-order chi connectivity index (χ1) is 9.95. The summed E-state index contributed by atoms with van der Waals surface area (Å²) in [6, 6.07) is 4.91. The minimum atomic E-state index is -3.44. The van der Waals surface area contributed by atoms with Gasteiger partial charge in [0.25, 0.3) is 0 Å². The highest BCUT2D eigenvalue weighted by molar-refractivity contribution is 7.89. The van der Waals surface area contributed by atoms with Gasteiger partial charge in [0.1, 0.15) is 0 Å². The molecule has 1 saturated carbocycles. The predicted octanol–water partition coefficient (Wildman–Crippen LogP) is 2.87. The third-order valence-electron chi connectivity index (χ3n) is 4.08. The number of rotatable bonds is 6. The van der Waals surface area contributed by atoms with Crippen molar-refractivity contribution in [2.24, 2.45) is 5.92 Å². The van der Waals surface area contributed by atoms with Gasteiger partial charge in [-0.05, 0) is 49.6 Å². The molecule has 0 radical (unpaired) electrons. The van der Waals surface area contributed by atoms with E-state index in [0.717, 1.165) is 18.4 Å². The average molecular weight is 331 g/mol. The monoisotopic (exact) mass is 330 g/mol. The summed E-state index contributed by atoms with van der Waals surface area (Å²) in [4.78, 5) is 0.317. The van der Waals surface area contributed by atoms with Crippen LogP contribution in [0.2, 0.25) is 5.02 Å². The summed E-state index contributed by atoms with van der Waals surface area (Å²) in [5, 5.41) is 3.58. The second-order valence-corrected chi connectivity index (χ2v) is 8.17. The fourth-order valence-corrected chi connectivity index (χ4v) is 4.35. The predicted molar refractivity (Wildman–Crippen MR) is 86.0 cm³/mol. The lowest BCUT2D eigenvalue weighted by atomic mass is 10.1. The van der Waals surface area contributed by atoms with Gasteiger partial charge < -0.3 is 5.32 Å². The quantitative estimate of drug-likeness (QED) is 0.872. The molecule has 6 heteroatoms. The van der Waals surface area contributed by atoms with Gasteiger partial charge in [0, 0.05) is 25.2 Å². The number of nitrogens with zero attached hydrogens (tertiary/aromatic N) is 1. The number of benzene rings is 1. The van der Waals surface area contributed by atoms with E-state index < -0.39 is 10.0 Å². The first-order valence-electron chi connectivity index (χ1n) is 7.34. The number of nitrogens with one attached hydrogen (secondary N) is 1. The molecule has 0 spiro atoms. The van der Waals surface area contributed by atoms with E-state index >= 15 is 0 Å². The summed E-state index contributed by atoms with van der Waals surface area (Å²) in [7, 11) is 0.0388. The van der Waals surface area contributed by atoms with Crippen LogP contribution in [0.15, 0.2) is 23.1 Å². The van der Waals surface area contributed by atoms with Gasteiger partial charge in [0.15, 0.2) is 0 Å². The maximum absolute atomic E-state index is 12.7. The summed E-state index contributed by atoms with van der Waals surface area (Å²) in [5.74, 6) is 0.494. The maximum atomic E-state index is 12.7. The first kappa shape index (κ1) is 16.7. The number of hydrogen-bond donors (Lipinski definition) is 1. The molecule has 0 saturated heterocycles. The lowest BCUT2D eigenvalue weighted by Crippen LogP contribution is -2.31. The van der Waals surface area contributed by atoms with Gasteiger partial charge in [0.2, 0.25) is 10.0 Å². The summed E-state index contributed by atoms with van der Waals surface area (Å²) < 4.78 is 26.8. The SMILES string of the molecule is CNCc1cc(S(=O)(=O)N(C)CC2CCCC2)ccc1Cl. The lowest BCUT2D eigenvalue weighted by Gasteiger charge is -2.21. The lowest BCUT2D eigenvalue weighted by molar-refractivity contribution is 0.387. The zero-order valence-corrected chi connectivity index (χ0v) is 14.2. The molecule has 0 aliphatic heterocycles. The Labute approximate surface area is 132 Å². The Bertz CT molecular complexity index is 583. The second kappa shape index (κ2) is 7.09. The van der Waals surface area contributed by atoms with E-state index in [2.05, 4.69) is 5.32 Å². The van der Waals surface area contributed by atoms with E-state index in [-0.39, 0.29) is 0 Å². The van der Waals surface area contributed by atoms with Crippen molar-refractivity contribution < 1.29 is 8.42 Å². The van der Waals surface area contributed by atoms with Crippen LogP contribution >= 0.6 is 11.6 Å². The van der Waals surface area contributed by atoms with Crippen molar-refractivity contribution in [1.29, 1.82) is 0 Å². The Balaban J connectivity index is 2.19. The van der Waals surface area contributed by atoms with Gasteiger partial charge in [0.05, 0.1) is 4.90 Å². The molecule has 1 aliphatic rings. The van der Waals surface area contributed by atoms with E-state index in [1.807, 2.05) is 7.05 Å². The summed E-state index contributed by atoms with van der Waals surface area (Å²) in [6.45, 7) is 1.15. The zero-order chi connectivity index (χ0) is 15.5. The molecule has 0 aromatic heterocycles. The van der Waals surface area contributed by atoms with Crippen LogP contribution in [0, 0.1) is 5.92 Å². The van der Waals surface area contributed by atoms with E-state index in [1.54, 1.807) is 25.2 Å². The van der Waals surface area contributed by atoms with Gasteiger partial charge in [-0.1, -0.05) is 24.4 Å². The Morgan fingerprint density at radius 3 is 2.62 bits per heavy atom. The van der Waals surface area contributed by atoms with Crippen LogP contribution in [0.5, 0.6) is 0 Å². The Morgan fingerprint density at radius 2 is 2.00 bits per heavy atom. The van der Waals surface area contributed by atoms with E-state index in [9.17, 15) is 8.42 Å². The molecule has 4 nitrogen and oxygen atoms in total. The summed E-state index contributed by atoms with van der Waals surface area (Å²) >= 11 is 6.09. The van der Waals surface area contributed by atoms with Crippen LogP contribution in [-0.2, 0) is 16.6 Å². The van der Waals surface area contributed by atoms with Crippen molar-refractivity contribution in [2.45, 2.75) is 37.1 Å². The smallest absolute Gasteiger partial charge is 0.242 e. The third-order valence-corrected chi connectivity index (χ3v) is 6.27. The van der Waals surface area contributed by atoms with Crippen LogP contribution < -0.4 is 5.32 Å². The number of hydrogen-bond acceptors (Lipinski definition) is 3. The molecule has 1 fully saturated rings. The minimum Gasteiger partial charge on any atom is -0.316 e. The second-order valence-electron chi connectivity index (χ2n) is 5.72. The Hall–Kier alpha value is -0.620. The molecular formula is C15H23ClN2O2S. The van der Waals surface area contributed by atoms with Gasteiger partial charge in [-0.2, -0.15) is 0 Å². The Kier molecular flexibility index (Phi) is 5.66. The fourth-order valence-electron chi connectivity index (χ4n) is 2.87. The van der Waals surface area contributed by atoms with Gasteiger partial charge >= 0.3 is 0 Å². The van der Waals surface area contributed by atoms with Crippen molar-refractivity contribution in [1.82, 2.24) is 9.62 Å². The molecule has 0 unspecified atom stereocenters. The molecule has 1 aromatic carbocycles. The molecular weight excluding hydrogens is 308 g/mol. The highest BCUT2D eigenvalue weighted by Gasteiger charge is 2.25. The van der Waals surface area contributed by atoms with Gasteiger partial charge in [-0.15, -0.1) is 0 Å². The van der Waals surface area contributed by atoms with Gasteiger partial charge in [-0.25, -0.2) is 12.7 Å². The molecule has 0 atom stereocenters. The molecule has 118 valence electrons. The van der Waals surface area contributed by atoms with Crippen molar-refractivity contribution >= 4 is 21.6 Å². The zero-order valence-electron chi connectivity index (χ0n) is 12.6. The number of halogens is 1. The maximum Gasteiger partial charge on any atom is 0.242 e. The topological polar surface area (TPSA) is 49.4 Å². The Morgan fingerprint density at radius 1 is 1.33 bits per heavy atom. The molecule has 0 heterocycles.